The van der Waals surface area contributed by atoms with Crippen LogP contribution >= 0.6 is 11.6 Å². The van der Waals surface area contributed by atoms with Crippen molar-refractivity contribution in [3.8, 4) is 0 Å². The van der Waals surface area contributed by atoms with Gasteiger partial charge in [0.1, 0.15) is 5.78 Å². The topological polar surface area (TPSA) is 75.3 Å². The van der Waals surface area contributed by atoms with Crippen LogP contribution in [0.2, 0.25) is 0 Å². The molecule has 0 saturated carbocycles. The van der Waals surface area contributed by atoms with Crippen LogP contribution in [0.3, 0.4) is 0 Å². The molecular formula is C12H21ClN2O3. The number of amides is 2. The van der Waals surface area contributed by atoms with Crippen molar-refractivity contribution in [2.75, 3.05) is 19.0 Å². The molecule has 18 heavy (non-hydrogen) atoms. The lowest BCUT2D eigenvalue weighted by Gasteiger charge is -2.20. The normalized spacial score (nSPS) is 10.9. The average Bonchev–Trinajstić information content (AvgIpc) is 2.31. The third-order valence-corrected chi connectivity index (χ3v) is 3.05. The third-order valence-electron chi connectivity index (χ3n) is 2.39. The number of alkyl halides is 1. The second kappa shape index (κ2) is 8.08. The highest BCUT2D eigenvalue weighted by atomic mass is 35.5. The van der Waals surface area contributed by atoms with E-state index in [2.05, 4.69) is 10.6 Å². The van der Waals surface area contributed by atoms with Crippen LogP contribution in [0.15, 0.2) is 0 Å². The molecule has 0 spiro atoms. The Morgan fingerprint density at radius 1 is 1.06 bits per heavy atom. The fraction of sp³-hybridized carbons (Fsp3) is 0.750. The minimum atomic E-state index is -0.611. The molecule has 0 radical (unpaired) electrons. The van der Waals surface area contributed by atoms with Gasteiger partial charge in [0.25, 0.3) is 0 Å². The molecule has 0 aromatic carbocycles. The minimum Gasteiger partial charge on any atom is -0.354 e. The molecule has 6 heteroatoms. The van der Waals surface area contributed by atoms with Crippen LogP contribution < -0.4 is 10.6 Å². The molecule has 0 aromatic rings. The lowest BCUT2D eigenvalue weighted by molar-refractivity contribution is -0.128. The molecule has 0 saturated heterocycles. The Morgan fingerprint density at radius 3 is 2.11 bits per heavy atom. The summed E-state index contributed by atoms with van der Waals surface area (Å²) in [6.45, 7) is 5.65. The van der Waals surface area contributed by atoms with Crippen molar-refractivity contribution in [2.45, 2.75) is 33.6 Å². The van der Waals surface area contributed by atoms with E-state index < -0.39 is 5.41 Å². The molecule has 2 amide bonds. The summed E-state index contributed by atoms with van der Waals surface area (Å²) in [4.78, 5) is 33.5. The van der Waals surface area contributed by atoms with Crippen molar-refractivity contribution in [3.63, 3.8) is 0 Å². The van der Waals surface area contributed by atoms with Gasteiger partial charge in [-0.2, -0.15) is 0 Å². The summed E-state index contributed by atoms with van der Waals surface area (Å²) < 4.78 is 0. The van der Waals surface area contributed by atoms with Crippen LogP contribution in [0.1, 0.15) is 33.6 Å². The van der Waals surface area contributed by atoms with E-state index in [1.807, 2.05) is 0 Å². The Kier molecular flexibility index (Phi) is 7.59. The highest BCUT2D eigenvalue weighted by molar-refractivity contribution is 6.19. The third kappa shape index (κ3) is 7.27. The summed E-state index contributed by atoms with van der Waals surface area (Å²) in [7, 11) is 0. The molecular weight excluding hydrogens is 256 g/mol. The van der Waals surface area contributed by atoms with E-state index in [-0.39, 0.29) is 36.3 Å². The average molecular weight is 277 g/mol. The Labute approximate surface area is 113 Å². The second-order valence-corrected chi connectivity index (χ2v) is 5.09. The van der Waals surface area contributed by atoms with Gasteiger partial charge < -0.3 is 15.4 Å². The zero-order valence-electron chi connectivity index (χ0n) is 11.1. The second-order valence-electron chi connectivity index (χ2n) is 4.83. The number of halogens is 1. The fourth-order valence-corrected chi connectivity index (χ4v) is 1.18. The van der Waals surface area contributed by atoms with E-state index in [1.165, 1.54) is 6.92 Å². The van der Waals surface area contributed by atoms with Crippen molar-refractivity contribution >= 4 is 29.2 Å². The summed E-state index contributed by atoms with van der Waals surface area (Å²) in [5.41, 5.74) is -0.611. The van der Waals surface area contributed by atoms with E-state index in [9.17, 15) is 14.4 Å². The van der Waals surface area contributed by atoms with Crippen molar-refractivity contribution in [1.82, 2.24) is 10.6 Å². The summed E-state index contributed by atoms with van der Waals surface area (Å²) in [6, 6.07) is 0. The van der Waals surface area contributed by atoms with E-state index in [4.69, 9.17) is 11.6 Å². The van der Waals surface area contributed by atoms with Crippen molar-refractivity contribution in [1.29, 1.82) is 0 Å². The predicted octanol–water partition coefficient (Wildman–Crippen LogP) is 0.853. The van der Waals surface area contributed by atoms with Crippen LogP contribution in [-0.2, 0) is 14.4 Å². The largest absolute Gasteiger partial charge is 0.354 e. The fourth-order valence-electron chi connectivity index (χ4n) is 1.06. The molecule has 0 fully saturated rings. The highest BCUT2D eigenvalue weighted by Crippen LogP contribution is 2.16. The Bertz CT molecular complexity index is 316. The lowest BCUT2D eigenvalue weighted by atomic mass is 9.95. The van der Waals surface area contributed by atoms with Gasteiger partial charge >= 0.3 is 0 Å². The Morgan fingerprint density at radius 2 is 1.61 bits per heavy atom. The molecule has 0 heterocycles. The van der Waals surface area contributed by atoms with Gasteiger partial charge in [-0.3, -0.25) is 9.59 Å². The summed E-state index contributed by atoms with van der Waals surface area (Å²) >= 11 is 5.66. The predicted molar refractivity (Wildman–Crippen MR) is 70.4 cm³/mol. The number of rotatable bonds is 8. The molecule has 0 aliphatic carbocycles. The number of Topliss-reactive ketones (excluding diaryl/α,β-unsaturated/α-hetero) is 1. The molecule has 2 N–H and O–H groups in total. The minimum absolute atomic E-state index is 0.0117. The van der Waals surface area contributed by atoms with Crippen LogP contribution in [-0.4, -0.2) is 36.6 Å². The molecule has 5 nitrogen and oxygen atoms in total. The maximum atomic E-state index is 11.6. The van der Waals surface area contributed by atoms with E-state index >= 15 is 0 Å². The molecule has 0 aliphatic rings. The maximum Gasteiger partial charge on any atom is 0.226 e. The molecule has 0 unspecified atom stereocenters. The molecule has 0 bridgehead atoms. The first-order chi connectivity index (χ1) is 8.29. The van der Waals surface area contributed by atoms with Crippen molar-refractivity contribution in [2.24, 2.45) is 5.41 Å². The quantitative estimate of drug-likeness (QED) is 0.510. The number of nitrogens with one attached hydrogen (secondary N) is 2. The highest BCUT2D eigenvalue weighted by Gasteiger charge is 2.25. The van der Waals surface area contributed by atoms with Crippen molar-refractivity contribution < 1.29 is 14.4 Å². The maximum absolute atomic E-state index is 11.6. The summed E-state index contributed by atoms with van der Waals surface area (Å²) in [5, 5.41) is 5.31. The van der Waals surface area contributed by atoms with Gasteiger partial charge in [-0.15, -0.1) is 11.6 Å². The summed E-state index contributed by atoms with van der Waals surface area (Å²) in [6.07, 6.45) is 0.438. The molecule has 0 atom stereocenters. The molecule has 0 aromatic heterocycles. The van der Waals surface area contributed by atoms with Gasteiger partial charge in [0.15, 0.2) is 0 Å². The van der Waals surface area contributed by atoms with Crippen LogP contribution in [0.5, 0.6) is 0 Å². The smallest absolute Gasteiger partial charge is 0.226 e. The van der Waals surface area contributed by atoms with Crippen molar-refractivity contribution in [3.05, 3.63) is 0 Å². The van der Waals surface area contributed by atoms with Gasteiger partial charge in [-0.05, 0) is 20.8 Å². The van der Waals surface area contributed by atoms with Gasteiger partial charge in [0, 0.05) is 31.8 Å². The van der Waals surface area contributed by atoms with Gasteiger partial charge in [0.05, 0.1) is 5.41 Å². The first-order valence-electron chi connectivity index (χ1n) is 5.90. The number of carbonyl (C=O) groups excluding carboxylic acids is 3. The van der Waals surface area contributed by atoms with Gasteiger partial charge in [-0.1, -0.05) is 0 Å². The Hall–Kier alpha value is -1.10. The Balaban J connectivity index is 3.71. The van der Waals surface area contributed by atoms with Crippen LogP contribution in [0.4, 0.5) is 0 Å². The van der Waals surface area contributed by atoms with E-state index in [1.54, 1.807) is 13.8 Å². The van der Waals surface area contributed by atoms with Gasteiger partial charge in [0.2, 0.25) is 11.8 Å². The summed E-state index contributed by atoms with van der Waals surface area (Å²) in [5.74, 6) is -0.0991. The first-order valence-corrected chi connectivity index (χ1v) is 6.43. The zero-order valence-corrected chi connectivity index (χ0v) is 11.9. The van der Waals surface area contributed by atoms with E-state index in [0.717, 1.165) is 0 Å². The molecule has 0 aliphatic heterocycles. The first kappa shape index (κ1) is 16.9. The standard InChI is InChI=1S/C12H21ClN2O3/c1-9(16)4-5-10(17)14-6-7-15-11(18)12(2,3)8-13/h4-8H2,1-3H3,(H,14,17)(H,15,18). The number of hydrogen-bond acceptors (Lipinski definition) is 3. The number of hydrogen-bond donors (Lipinski definition) is 2. The monoisotopic (exact) mass is 276 g/mol. The molecule has 104 valence electrons. The molecule has 0 rings (SSSR count). The zero-order chi connectivity index (χ0) is 14.2. The number of ketones is 1. The van der Waals surface area contributed by atoms with E-state index in [0.29, 0.717) is 13.1 Å². The lowest BCUT2D eigenvalue weighted by Crippen LogP contribution is -2.41. The SMILES string of the molecule is CC(=O)CCC(=O)NCCNC(=O)C(C)(C)CCl. The number of carbonyl (C=O) groups is 3. The van der Waals surface area contributed by atoms with Crippen LogP contribution in [0, 0.1) is 5.41 Å². The van der Waals surface area contributed by atoms with Crippen LogP contribution in [0.25, 0.3) is 0 Å². The van der Waals surface area contributed by atoms with Gasteiger partial charge in [-0.25, -0.2) is 0 Å².